The Labute approximate surface area is 144 Å². The molecule has 1 saturated heterocycles. The van der Waals surface area contributed by atoms with Crippen molar-refractivity contribution in [3.05, 3.63) is 35.9 Å². The maximum Gasteiger partial charge on any atom is 0.163 e. The number of aliphatic imine (C=N–C) groups is 1. The van der Waals surface area contributed by atoms with Gasteiger partial charge < -0.3 is 4.74 Å². The molecule has 0 bridgehead atoms. The van der Waals surface area contributed by atoms with Gasteiger partial charge in [0, 0.05) is 17.3 Å². The van der Waals surface area contributed by atoms with Crippen molar-refractivity contribution in [1.29, 1.82) is 0 Å². The standard InChI is InChI=1S/C16H19NO2S3/c1-12(18)14-11-20-15(17-16(14)21-7-8-22-16)10-19-9-13-5-3-2-4-6-13/h2-6,14H,7-11H2,1H3. The molecule has 3 rings (SSSR count). The van der Waals surface area contributed by atoms with Crippen molar-refractivity contribution in [2.45, 2.75) is 17.7 Å². The third kappa shape index (κ3) is 3.72. The molecule has 0 aliphatic carbocycles. The molecule has 118 valence electrons. The lowest BCUT2D eigenvalue weighted by Gasteiger charge is -2.35. The summed E-state index contributed by atoms with van der Waals surface area (Å²) in [5.74, 6) is 3.24. The predicted molar refractivity (Wildman–Crippen MR) is 97.8 cm³/mol. The van der Waals surface area contributed by atoms with E-state index < -0.39 is 0 Å². The van der Waals surface area contributed by atoms with Gasteiger partial charge in [0.05, 0.1) is 24.2 Å². The summed E-state index contributed by atoms with van der Waals surface area (Å²) in [6.07, 6.45) is 0. The number of carbonyl (C=O) groups excluding carboxylic acids is 1. The molecular weight excluding hydrogens is 334 g/mol. The van der Waals surface area contributed by atoms with Gasteiger partial charge in [-0.1, -0.05) is 30.3 Å². The molecule has 0 aromatic heterocycles. The largest absolute Gasteiger partial charge is 0.370 e. The van der Waals surface area contributed by atoms with Gasteiger partial charge in [-0.2, -0.15) is 0 Å². The molecular formula is C16H19NO2S3. The molecule has 1 atom stereocenters. The Balaban J connectivity index is 1.63. The molecule has 1 spiro atoms. The molecule has 0 radical (unpaired) electrons. The SMILES string of the molecule is CC(=O)C1CSC(COCc2ccccc2)=NC12SCCS2. The maximum absolute atomic E-state index is 11.9. The quantitative estimate of drug-likeness (QED) is 0.807. The van der Waals surface area contributed by atoms with Crippen LogP contribution in [0.25, 0.3) is 0 Å². The highest BCUT2D eigenvalue weighted by Crippen LogP contribution is 2.53. The molecule has 0 saturated carbocycles. The van der Waals surface area contributed by atoms with Crippen LogP contribution in [-0.2, 0) is 16.1 Å². The first-order valence-electron chi connectivity index (χ1n) is 7.31. The van der Waals surface area contributed by atoms with E-state index in [1.54, 1.807) is 18.7 Å². The molecule has 2 aliphatic rings. The second-order valence-electron chi connectivity index (χ2n) is 5.29. The van der Waals surface area contributed by atoms with Crippen LogP contribution in [-0.4, -0.2) is 38.9 Å². The van der Waals surface area contributed by atoms with Crippen LogP contribution in [0.5, 0.6) is 0 Å². The molecule has 1 aromatic rings. The number of nitrogens with zero attached hydrogens (tertiary/aromatic N) is 1. The number of benzene rings is 1. The van der Waals surface area contributed by atoms with Crippen LogP contribution in [0.3, 0.4) is 0 Å². The minimum atomic E-state index is -0.289. The lowest BCUT2D eigenvalue weighted by Crippen LogP contribution is -2.39. The second kappa shape index (κ2) is 7.43. The van der Waals surface area contributed by atoms with E-state index in [1.807, 2.05) is 41.7 Å². The molecule has 6 heteroatoms. The van der Waals surface area contributed by atoms with Crippen molar-refractivity contribution in [3.63, 3.8) is 0 Å². The van der Waals surface area contributed by atoms with Crippen LogP contribution in [0.1, 0.15) is 12.5 Å². The van der Waals surface area contributed by atoms with E-state index in [2.05, 4.69) is 12.1 Å². The zero-order chi connectivity index (χ0) is 15.4. The van der Waals surface area contributed by atoms with Crippen LogP contribution in [0.4, 0.5) is 0 Å². The smallest absolute Gasteiger partial charge is 0.163 e. The molecule has 1 aromatic carbocycles. The Kier molecular flexibility index (Phi) is 5.55. The Hall–Kier alpha value is -0.430. The third-order valence-corrected chi connectivity index (χ3v) is 8.07. The minimum absolute atomic E-state index is 0.0212. The topological polar surface area (TPSA) is 38.7 Å². The normalized spacial score (nSPS) is 23.5. The van der Waals surface area contributed by atoms with Crippen molar-refractivity contribution >= 4 is 46.1 Å². The summed E-state index contributed by atoms with van der Waals surface area (Å²) in [6.45, 7) is 2.83. The minimum Gasteiger partial charge on any atom is -0.370 e. The average Bonchev–Trinajstić information content (AvgIpc) is 2.96. The first kappa shape index (κ1) is 16.4. The van der Waals surface area contributed by atoms with Gasteiger partial charge >= 0.3 is 0 Å². The van der Waals surface area contributed by atoms with Crippen molar-refractivity contribution < 1.29 is 9.53 Å². The summed E-state index contributed by atoms with van der Waals surface area (Å²) in [6, 6.07) is 10.2. The zero-order valence-electron chi connectivity index (χ0n) is 12.5. The van der Waals surface area contributed by atoms with Crippen molar-refractivity contribution in [1.82, 2.24) is 0 Å². The zero-order valence-corrected chi connectivity index (χ0v) is 14.9. The van der Waals surface area contributed by atoms with Gasteiger partial charge in [0.2, 0.25) is 0 Å². The fourth-order valence-electron chi connectivity index (χ4n) is 2.53. The van der Waals surface area contributed by atoms with Crippen LogP contribution < -0.4 is 0 Å². The highest BCUT2D eigenvalue weighted by atomic mass is 32.2. The van der Waals surface area contributed by atoms with E-state index in [0.29, 0.717) is 13.2 Å². The average molecular weight is 354 g/mol. The molecule has 1 fully saturated rings. The van der Waals surface area contributed by atoms with Crippen molar-refractivity contribution in [3.8, 4) is 0 Å². The lowest BCUT2D eigenvalue weighted by atomic mass is 10.1. The third-order valence-electron chi connectivity index (χ3n) is 3.67. The van der Waals surface area contributed by atoms with Crippen LogP contribution >= 0.6 is 35.3 Å². The Morgan fingerprint density at radius 2 is 2.00 bits per heavy atom. The van der Waals surface area contributed by atoms with Gasteiger partial charge in [-0.15, -0.1) is 35.3 Å². The van der Waals surface area contributed by atoms with Crippen molar-refractivity contribution in [2.24, 2.45) is 10.9 Å². The summed E-state index contributed by atoms with van der Waals surface area (Å²) < 4.78 is 5.51. The van der Waals surface area contributed by atoms with Crippen molar-refractivity contribution in [2.75, 3.05) is 23.9 Å². The highest BCUT2D eigenvalue weighted by molar-refractivity contribution is 8.21. The number of ketones is 1. The van der Waals surface area contributed by atoms with E-state index in [4.69, 9.17) is 9.73 Å². The number of ether oxygens (including phenoxy) is 1. The maximum atomic E-state index is 11.9. The van der Waals surface area contributed by atoms with Crippen LogP contribution in [0, 0.1) is 5.92 Å². The number of thioether (sulfide) groups is 3. The Morgan fingerprint density at radius 1 is 1.27 bits per heavy atom. The lowest BCUT2D eigenvalue weighted by molar-refractivity contribution is -0.120. The predicted octanol–water partition coefficient (Wildman–Crippen LogP) is 3.69. The van der Waals surface area contributed by atoms with Gasteiger partial charge in [-0.25, -0.2) is 0 Å². The number of hydrogen-bond donors (Lipinski definition) is 0. The van der Waals surface area contributed by atoms with E-state index in [0.717, 1.165) is 22.3 Å². The summed E-state index contributed by atoms with van der Waals surface area (Å²) in [5.41, 5.74) is 1.17. The Morgan fingerprint density at radius 3 is 2.68 bits per heavy atom. The van der Waals surface area contributed by atoms with Gasteiger partial charge in [-0.05, 0) is 12.5 Å². The number of Topliss-reactive ketones (excluding diaryl/α,β-unsaturated/α-hetero) is 1. The summed E-state index contributed by atoms with van der Waals surface area (Å²) >= 11 is 5.32. The molecule has 2 heterocycles. The number of hydrogen-bond acceptors (Lipinski definition) is 6. The van der Waals surface area contributed by atoms with E-state index in [1.165, 1.54) is 5.56 Å². The van der Waals surface area contributed by atoms with Crippen LogP contribution in [0.2, 0.25) is 0 Å². The number of rotatable bonds is 5. The molecule has 22 heavy (non-hydrogen) atoms. The van der Waals surface area contributed by atoms with Gasteiger partial charge in [0.15, 0.2) is 4.20 Å². The highest BCUT2D eigenvalue weighted by Gasteiger charge is 2.47. The van der Waals surface area contributed by atoms with E-state index in [9.17, 15) is 4.79 Å². The van der Waals surface area contributed by atoms with Gasteiger partial charge in [-0.3, -0.25) is 9.79 Å². The molecule has 0 N–H and O–H groups in total. The van der Waals surface area contributed by atoms with E-state index >= 15 is 0 Å². The summed E-state index contributed by atoms with van der Waals surface area (Å²) in [7, 11) is 0. The fraction of sp³-hybridized carbons (Fsp3) is 0.500. The Bertz CT molecular complexity index is 556. The monoisotopic (exact) mass is 353 g/mol. The van der Waals surface area contributed by atoms with Crippen LogP contribution in [0.15, 0.2) is 35.3 Å². The first-order chi connectivity index (χ1) is 10.7. The molecule has 0 amide bonds. The van der Waals surface area contributed by atoms with Gasteiger partial charge in [0.25, 0.3) is 0 Å². The molecule has 3 nitrogen and oxygen atoms in total. The number of carbonyl (C=O) groups is 1. The molecule has 2 aliphatic heterocycles. The summed E-state index contributed by atoms with van der Waals surface area (Å²) in [4.78, 5) is 16.8. The summed E-state index contributed by atoms with van der Waals surface area (Å²) in [5, 5.41) is 1.02. The van der Waals surface area contributed by atoms with Gasteiger partial charge in [0.1, 0.15) is 5.78 Å². The molecule has 1 unspecified atom stereocenters. The first-order valence-corrected chi connectivity index (χ1v) is 10.3. The second-order valence-corrected chi connectivity index (χ2v) is 9.28. The van der Waals surface area contributed by atoms with E-state index in [-0.39, 0.29) is 15.9 Å². The fourth-order valence-corrected chi connectivity index (χ4v) is 7.40.